The summed E-state index contributed by atoms with van der Waals surface area (Å²) < 4.78 is 0. The van der Waals surface area contributed by atoms with E-state index in [0.717, 1.165) is 12.5 Å². The highest BCUT2D eigenvalue weighted by molar-refractivity contribution is 5.27. The summed E-state index contributed by atoms with van der Waals surface area (Å²) >= 11 is 0. The number of rotatable bonds is 3. The van der Waals surface area contributed by atoms with Crippen molar-refractivity contribution in [2.24, 2.45) is 5.92 Å². The van der Waals surface area contributed by atoms with Gasteiger partial charge in [0.1, 0.15) is 0 Å². The predicted molar refractivity (Wildman–Crippen MR) is 69.7 cm³/mol. The zero-order chi connectivity index (χ0) is 11.4. The SMILES string of the molecule is CCC[C@]1(c2ccccc2)CCNC[C@@H]1C. The van der Waals surface area contributed by atoms with Crippen LogP contribution in [0.5, 0.6) is 0 Å². The number of benzene rings is 1. The minimum Gasteiger partial charge on any atom is -0.316 e. The van der Waals surface area contributed by atoms with Crippen LogP contribution >= 0.6 is 0 Å². The average Bonchev–Trinajstić information content (AvgIpc) is 2.34. The first-order chi connectivity index (χ1) is 7.79. The van der Waals surface area contributed by atoms with Gasteiger partial charge in [0.25, 0.3) is 0 Å². The molecule has 0 amide bonds. The number of nitrogens with one attached hydrogen (secondary N) is 1. The summed E-state index contributed by atoms with van der Waals surface area (Å²) in [6.07, 6.45) is 3.88. The number of piperidine rings is 1. The van der Waals surface area contributed by atoms with Gasteiger partial charge in [-0.15, -0.1) is 0 Å². The van der Waals surface area contributed by atoms with Gasteiger partial charge in [0.2, 0.25) is 0 Å². The zero-order valence-electron chi connectivity index (χ0n) is 10.5. The van der Waals surface area contributed by atoms with Crippen molar-refractivity contribution in [3.8, 4) is 0 Å². The van der Waals surface area contributed by atoms with E-state index in [1.807, 2.05) is 0 Å². The van der Waals surface area contributed by atoms with E-state index < -0.39 is 0 Å². The molecular formula is C15H23N. The van der Waals surface area contributed by atoms with Gasteiger partial charge >= 0.3 is 0 Å². The van der Waals surface area contributed by atoms with Gasteiger partial charge in [-0.25, -0.2) is 0 Å². The van der Waals surface area contributed by atoms with Crippen LogP contribution in [0.3, 0.4) is 0 Å². The molecule has 0 saturated carbocycles. The lowest BCUT2D eigenvalue weighted by molar-refractivity contribution is 0.199. The van der Waals surface area contributed by atoms with Gasteiger partial charge in [-0.2, -0.15) is 0 Å². The largest absolute Gasteiger partial charge is 0.316 e. The van der Waals surface area contributed by atoms with Crippen molar-refractivity contribution in [1.29, 1.82) is 0 Å². The Morgan fingerprint density at radius 1 is 1.31 bits per heavy atom. The molecule has 2 rings (SSSR count). The van der Waals surface area contributed by atoms with E-state index in [0.29, 0.717) is 5.41 Å². The average molecular weight is 217 g/mol. The lowest BCUT2D eigenvalue weighted by atomic mass is 9.64. The molecule has 1 nitrogen and oxygen atoms in total. The first-order valence-electron chi connectivity index (χ1n) is 6.56. The van der Waals surface area contributed by atoms with Crippen LogP contribution in [0.25, 0.3) is 0 Å². The molecule has 88 valence electrons. The third-order valence-electron chi connectivity index (χ3n) is 4.19. The smallest absolute Gasteiger partial charge is 0.000263 e. The highest BCUT2D eigenvalue weighted by Crippen LogP contribution is 2.41. The van der Waals surface area contributed by atoms with Crippen molar-refractivity contribution in [3.05, 3.63) is 35.9 Å². The summed E-state index contributed by atoms with van der Waals surface area (Å²) in [5.41, 5.74) is 1.97. The minimum absolute atomic E-state index is 0.418. The summed E-state index contributed by atoms with van der Waals surface area (Å²) in [6.45, 7) is 7.03. The van der Waals surface area contributed by atoms with Crippen LogP contribution in [-0.2, 0) is 5.41 Å². The Bertz CT molecular complexity index is 315. The number of hydrogen-bond acceptors (Lipinski definition) is 1. The third-order valence-corrected chi connectivity index (χ3v) is 4.19. The summed E-state index contributed by atoms with van der Waals surface area (Å²) in [5, 5.41) is 3.52. The molecule has 0 aliphatic carbocycles. The van der Waals surface area contributed by atoms with Crippen LogP contribution in [0.4, 0.5) is 0 Å². The lowest BCUT2D eigenvalue weighted by Crippen LogP contribution is -2.46. The van der Waals surface area contributed by atoms with Crippen LogP contribution < -0.4 is 5.32 Å². The molecule has 1 fully saturated rings. The molecule has 1 aliphatic heterocycles. The molecule has 0 radical (unpaired) electrons. The summed E-state index contributed by atoms with van der Waals surface area (Å²) in [5.74, 6) is 0.739. The number of hydrogen-bond donors (Lipinski definition) is 1. The van der Waals surface area contributed by atoms with Crippen molar-refractivity contribution in [3.63, 3.8) is 0 Å². The molecule has 16 heavy (non-hydrogen) atoms. The fourth-order valence-electron chi connectivity index (χ4n) is 3.23. The molecule has 2 atom stereocenters. The first kappa shape index (κ1) is 11.7. The quantitative estimate of drug-likeness (QED) is 0.818. The van der Waals surface area contributed by atoms with E-state index in [2.05, 4.69) is 49.5 Å². The molecule has 1 heteroatoms. The fraction of sp³-hybridized carbons (Fsp3) is 0.600. The standard InChI is InChI=1S/C15H23N/c1-3-9-15(10-11-16-12-13(15)2)14-7-5-4-6-8-14/h4-8,13,16H,3,9-12H2,1-2H3/t13-,15-/m0/s1. The Hall–Kier alpha value is -0.820. The zero-order valence-corrected chi connectivity index (χ0v) is 10.5. The molecule has 1 N–H and O–H groups in total. The van der Waals surface area contributed by atoms with Crippen LogP contribution in [0.1, 0.15) is 38.7 Å². The Kier molecular flexibility index (Phi) is 3.65. The molecule has 1 aromatic carbocycles. The third kappa shape index (κ3) is 2.01. The van der Waals surface area contributed by atoms with Crippen LogP contribution in [-0.4, -0.2) is 13.1 Å². The van der Waals surface area contributed by atoms with Gasteiger partial charge in [0.15, 0.2) is 0 Å². The van der Waals surface area contributed by atoms with E-state index in [1.165, 1.54) is 25.8 Å². The summed E-state index contributed by atoms with van der Waals surface area (Å²) in [4.78, 5) is 0. The molecule has 1 heterocycles. The van der Waals surface area contributed by atoms with E-state index >= 15 is 0 Å². The van der Waals surface area contributed by atoms with Crippen LogP contribution in [0.15, 0.2) is 30.3 Å². The van der Waals surface area contributed by atoms with Gasteiger partial charge in [-0.1, -0.05) is 50.6 Å². The predicted octanol–water partition coefficient (Wildman–Crippen LogP) is 3.35. The maximum atomic E-state index is 3.52. The molecular weight excluding hydrogens is 194 g/mol. The lowest BCUT2D eigenvalue weighted by Gasteiger charge is -2.44. The van der Waals surface area contributed by atoms with Gasteiger partial charge in [0.05, 0.1) is 0 Å². The highest BCUT2D eigenvalue weighted by atomic mass is 14.9. The van der Waals surface area contributed by atoms with Gasteiger partial charge < -0.3 is 5.32 Å². The second-order valence-corrected chi connectivity index (χ2v) is 5.13. The van der Waals surface area contributed by atoms with Crippen molar-refractivity contribution >= 4 is 0 Å². The van der Waals surface area contributed by atoms with E-state index in [4.69, 9.17) is 0 Å². The van der Waals surface area contributed by atoms with Crippen molar-refractivity contribution in [2.75, 3.05) is 13.1 Å². The Morgan fingerprint density at radius 2 is 2.06 bits per heavy atom. The second-order valence-electron chi connectivity index (χ2n) is 5.13. The van der Waals surface area contributed by atoms with Crippen molar-refractivity contribution in [2.45, 2.75) is 38.5 Å². The molecule has 0 unspecified atom stereocenters. The van der Waals surface area contributed by atoms with E-state index in [-0.39, 0.29) is 0 Å². The summed E-state index contributed by atoms with van der Waals surface area (Å²) in [6, 6.07) is 11.1. The molecule has 1 aliphatic rings. The Labute approximate surface area is 99.3 Å². The molecule has 1 aromatic rings. The van der Waals surface area contributed by atoms with Gasteiger partial charge in [-0.05, 0) is 37.4 Å². The van der Waals surface area contributed by atoms with E-state index in [9.17, 15) is 0 Å². The molecule has 0 spiro atoms. The Morgan fingerprint density at radius 3 is 2.69 bits per heavy atom. The maximum absolute atomic E-state index is 3.52. The molecule has 0 aromatic heterocycles. The highest BCUT2D eigenvalue weighted by Gasteiger charge is 2.38. The first-order valence-corrected chi connectivity index (χ1v) is 6.56. The maximum Gasteiger partial charge on any atom is 0.000263 e. The van der Waals surface area contributed by atoms with Crippen molar-refractivity contribution in [1.82, 2.24) is 5.32 Å². The van der Waals surface area contributed by atoms with Gasteiger partial charge in [0, 0.05) is 5.41 Å². The van der Waals surface area contributed by atoms with Gasteiger partial charge in [-0.3, -0.25) is 0 Å². The summed E-state index contributed by atoms with van der Waals surface area (Å²) in [7, 11) is 0. The molecule has 0 bridgehead atoms. The second kappa shape index (κ2) is 5.01. The monoisotopic (exact) mass is 217 g/mol. The van der Waals surface area contributed by atoms with Crippen LogP contribution in [0.2, 0.25) is 0 Å². The topological polar surface area (TPSA) is 12.0 Å². The van der Waals surface area contributed by atoms with Crippen molar-refractivity contribution < 1.29 is 0 Å². The van der Waals surface area contributed by atoms with Crippen LogP contribution in [0, 0.1) is 5.92 Å². The van der Waals surface area contributed by atoms with E-state index in [1.54, 1.807) is 5.56 Å². The minimum atomic E-state index is 0.418. The fourth-order valence-corrected chi connectivity index (χ4v) is 3.23. The molecule has 1 saturated heterocycles. The Balaban J connectivity index is 2.34. The normalized spacial score (nSPS) is 30.2.